The van der Waals surface area contributed by atoms with E-state index in [-0.39, 0.29) is 23.5 Å². The van der Waals surface area contributed by atoms with Gasteiger partial charge in [0.15, 0.2) is 0 Å². The average molecular weight is 278 g/mol. The summed E-state index contributed by atoms with van der Waals surface area (Å²) in [6.45, 7) is -2.00. The molecule has 0 aliphatic rings. The van der Waals surface area contributed by atoms with Gasteiger partial charge in [-0.3, -0.25) is 0 Å². The first kappa shape index (κ1) is 15.1. The number of hydrogen-bond acceptors (Lipinski definition) is 4. The molecule has 5 nitrogen and oxygen atoms in total. The van der Waals surface area contributed by atoms with E-state index in [0.717, 1.165) is 17.0 Å². The van der Waals surface area contributed by atoms with E-state index in [1.54, 1.807) is 0 Å². The summed E-state index contributed by atoms with van der Waals surface area (Å²) in [6.07, 6.45) is -4.45. The molecule has 106 valence electrons. The normalized spacial score (nSPS) is 11.4. The van der Waals surface area contributed by atoms with Crippen molar-refractivity contribution in [3.63, 3.8) is 0 Å². The van der Waals surface area contributed by atoms with Gasteiger partial charge in [0.2, 0.25) is 0 Å². The maximum absolute atomic E-state index is 12.4. The van der Waals surface area contributed by atoms with Crippen molar-refractivity contribution in [1.82, 2.24) is 0 Å². The Morgan fingerprint density at radius 2 is 2.00 bits per heavy atom. The lowest BCUT2D eigenvalue weighted by Crippen LogP contribution is -2.36. The van der Waals surface area contributed by atoms with Gasteiger partial charge in [-0.05, 0) is 18.2 Å². The predicted octanol–water partition coefficient (Wildman–Crippen LogP) is 1.33. The van der Waals surface area contributed by atoms with Crippen molar-refractivity contribution in [3.8, 4) is 0 Å². The lowest BCUT2D eigenvalue weighted by molar-refractivity contribution is -0.119. The maximum atomic E-state index is 12.4. The topological polar surface area (TPSA) is 86.8 Å². The van der Waals surface area contributed by atoms with Crippen LogP contribution in [0.2, 0.25) is 0 Å². The van der Waals surface area contributed by atoms with Gasteiger partial charge < -0.3 is 20.8 Å². The molecule has 0 aliphatic heterocycles. The number of nitrogen functional groups attached to an aromatic ring is 1. The largest absolute Gasteiger partial charge is 0.478 e. The van der Waals surface area contributed by atoms with Crippen LogP contribution < -0.4 is 10.6 Å². The first-order chi connectivity index (χ1) is 8.74. The molecule has 0 aliphatic carbocycles. The van der Waals surface area contributed by atoms with E-state index >= 15 is 0 Å². The van der Waals surface area contributed by atoms with E-state index in [0.29, 0.717) is 0 Å². The third-order valence-electron chi connectivity index (χ3n) is 2.36. The second kappa shape index (κ2) is 5.79. The van der Waals surface area contributed by atoms with Crippen LogP contribution in [-0.4, -0.2) is 42.1 Å². The second-order valence-corrected chi connectivity index (χ2v) is 3.84. The molecule has 8 heteroatoms. The molecule has 0 amide bonds. The Kier molecular flexibility index (Phi) is 4.60. The maximum Gasteiger partial charge on any atom is 0.405 e. The van der Waals surface area contributed by atoms with Gasteiger partial charge >= 0.3 is 12.1 Å². The summed E-state index contributed by atoms with van der Waals surface area (Å²) in [4.78, 5) is 11.5. The van der Waals surface area contributed by atoms with Gasteiger partial charge in [0.05, 0.1) is 23.5 Å². The molecule has 1 aromatic carbocycles. The van der Waals surface area contributed by atoms with Crippen LogP contribution in [0.15, 0.2) is 18.2 Å². The molecule has 0 saturated carbocycles. The number of hydrogen-bond donors (Lipinski definition) is 3. The average Bonchev–Trinajstić information content (AvgIpc) is 2.26. The fraction of sp³-hybridized carbons (Fsp3) is 0.364. The SMILES string of the molecule is Nc1cc(C(=O)O)ccc1N(CCO)CC(F)(F)F. The zero-order valence-corrected chi connectivity index (χ0v) is 9.81. The molecule has 0 heterocycles. The Balaban J connectivity index is 3.06. The number of aromatic carboxylic acids is 1. The Hall–Kier alpha value is -1.96. The van der Waals surface area contributed by atoms with Gasteiger partial charge in [0.1, 0.15) is 6.54 Å². The van der Waals surface area contributed by atoms with Crippen molar-refractivity contribution in [2.24, 2.45) is 0 Å². The monoisotopic (exact) mass is 278 g/mol. The minimum Gasteiger partial charge on any atom is -0.478 e. The van der Waals surface area contributed by atoms with Crippen LogP contribution in [0.5, 0.6) is 0 Å². The summed E-state index contributed by atoms with van der Waals surface area (Å²) >= 11 is 0. The van der Waals surface area contributed by atoms with E-state index in [9.17, 15) is 18.0 Å². The van der Waals surface area contributed by atoms with Gasteiger partial charge in [0.25, 0.3) is 0 Å². The van der Waals surface area contributed by atoms with E-state index in [1.807, 2.05) is 0 Å². The number of rotatable bonds is 5. The van der Waals surface area contributed by atoms with Gasteiger partial charge in [-0.25, -0.2) is 4.79 Å². The summed E-state index contributed by atoms with van der Waals surface area (Å²) in [7, 11) is 0. The molecule has 0 unspecified atom stereocenters. The Bertz CT molecular complexity index is 463. The molecule has 0 radical (unpaired) electrons. The van der Waals surface area contributed by atoms with Gasteiger partial charge in [-0.1, -0.05) is 0 Å². The zero-order valence-electron chi connectivity index (χ0n) is 9.81. The molecular weight excluding hydrogens is 265 g/mol. The van der Waals surface area contributed by atoms with Crippen LogP contribution in [0.25, 0.3) is 0 Å². The minimum absolute atomic E-state index is 0.0383. The van der Waals surface area contributed by atoms with Crippen molar-refractivity contribution in [1.29, 1.82) is 0 Å². The minimum atomic E-state index is -4.45. The molecule has 0 aromatic heterocycles. The predicted molar refractivity (Wildman–Crippen MR) is 63.2 cm³/mol. The van der Waals surface area contributed by atoms with Crippen LogP contribution in [0.1, 0.15) is 10.4 Å². The van der Waals surface area contributed by atoms with Crippen LogP contribution >= 0.6 is 0 Å². The van der Waals surface area contributed by atoms with Gasteiger partial charge in [-0.15, -0.1) is 0 Å². The fourth-order valence-electron chi connectivity index (χ4n) is 1.60. The number of nitrogens with zero attached hydrogens (tertiary/aromatic N) is 1. The smallest absolute Gasteiger partial charge is 0.405 e. The number of aliphatic hydroxyl groups is 1. The number of alkyl halides is 3. The van der Waals surface area contributed by atoms with Gasteiger partial charge in [0, 0.05) is 6.54 Å². The number of benzene rings is 1. The Morgan fingerprint density at radius 1 is 1.37 bits per heavy atom. The van der Waals surface area contributed by atoms with Gasteiger partial charge in [-0.2, -0.15) is 13.2 Å². The number of aliphatic hydroxyl groups excluding tert-OH is 1. The number of carboxylic acid groups (broad SMARTS) is 1. The molecule has 4 N–H and O–H groups in total. The number of carboxylic acids is 1. The number of carbonyl (C=O) groups is 1. The highest BCUT2D eigenvalue weighted by atomic mass is 19.4. The molecule has 0 atom stereocenters. The van der Waals surface area contributed by atoms with Crippen LogP contribution in [0, 0.1) is 0 Å². The fourth-order valence-corrected chi connectivity index (χ4v) is 1.60. The van der Waals surface area contributed by atoms with Crippen molar-refractivity contribution in [3.05, 3.63) is 23.8 Å². The van der Waals surface area contributed by atoms with Crippen LogP contribution in [0.3, 0.4) is 0 Å². The van der Waals surface area contributed by atoms with E-state index in [2.05, 4.69) is 0 Å². The van der Waals surface area contributed by atoms with Crippen molar-refractivity contribution in [2.45, 2.75) is 6.18 Å². The summed E-state index contributed by atoms with van der Waals surface area (Å²) in [5, 5.41) is 17.5. The third-order valence-corrected chi connectivity index (χ3v) is 2.36. The highest BCUT2D eigenvalue weighted by molar-refractivity contribution is 5.90. The first-order valence-electron chi connectivity index (χ1n) is 5.30. The van der Waals surface area contributed by atoms with Crippen molar-refractivity contribution < 1.29 is 28.2 Å². The van der Waals surface area contributed by atoms with E-state index in [1.165, 1.54) is 6.07 Å². The quantitative estimate of drug-likeness (QED) is 0.707. The molecule has 0 bridgehead atoms. The number of anilines is 2. The number of halogens is 3. The molecule has 19 heavy (non-hydrogen) atoms. The van der Waals surface area contributed by atoms with E-state index < -0.39 is 25.3 Å². The standard InChI is InChI=1S/C11H13F3N2O3/c12-11(13,14)6-16(3-4-17)9-2-1-7(10(18)19)5-8(9)15/h1-2,5,17H,3-4,6,15H2,(H,18,19). The van der Waals surface area contributed by atoms with Crippen LogP contribution in [-0.2, 0) is 0 Å². The number of nitrogens with two attached hydrogens (primary N) is 1. The molecule has 1 aromatic rings. The lowest BCUT2D eigenvalue weighted by Gasteiger charge is -2.26. The van der Waals surface area contributed by atoms with Crippen LogP contribution in [0.4, 0.5) is 24.5 Å². The van der Waals surface area contributed by atoms with E-state index in [4.69, 9.17) is 15.9 Å². The Morgan fingerprint density at radius 3 is 2.42 bits per heavy atom. The molecule has 0 spiro atoms. The molecule has 0 saturated heterocycles. The lowest BCUT2D eigenvalue weighted by atomic mass is 10.1. The summed E-state index contributed by atoms with van der Waals surface area (Å²) < 4.78 is 37.2. The third kappa shape index (κ3) is 4.32. The summed E-state index contributed by atoms with van der Waals surface area (Å²) in [6, 6.07) is 3.44. The highest BCUT2D eigenvalue weighted by Gasteiger charge is 2.31. The second-order valence-electron chi connectivity index (χ2n) is 3.84. The zero-order chi connectivity index (χ0) is 14.6. The summed E-state index contributed by atoms with van der Waals surface area (Å²) in [5.74, 6) is -1.22. The highest BCUT2D eigenvalue weighted by Crippen LogP contribution is 2.27. The van der Waals surface area contributed by atoms with Crippen molar-refractivity contribution in [2.75, 3.05) is 30.3 Å². The Labute approximate surface area is 107 Å². The first-order valence-corrected chi connectivity index (χ1v) is 5.30. The molecule has 0 fully saturated rings. The summed E-state index contributed by atoms with van der Waals surface area (Å²) in [5.41, 5.74) is 5.39. The van der Waals surface area contributed by atoms with Crippen molar-refractivity contribution >= 4 is 17.3 Å². The molecule has 1 rings (SSSR count). The molecular formula is C11H13F3N2O3.